The van der Waals surface area contributed by atoms with E-state index in [1.807, 2.05) is 24.1 Å². The quantitative estimate of drug-likeness (QED) is 0.459. The Morgan fingerprint density at radius 3 is 2.67 bits per heavy atom. The summed E-state index contributed by atoms with van der Waals surface area (Å²) in [7, 11) is 1.85. The molecule has 1 saturated heterocycles. The minimum absolute atomic E-state index is 0.173. The summed E-state index contributed by atoms with van der Waals surface area (Å²) in [5.41, 5.74) is 4.93. The van der Waals surface area contributed by atoms with Gasteiger partial charge in [0.05, 0.1) is 5.39 Å². The highest BCUT2D eigenvalue weighted by molar-refractivity contribution is 5.89. The molecular weight excluding hydrogens is 414 g/mol. The van der Waals surface area contributed by atoms with Crippen molar-refractivity contribution in [1.82, 2.24) is 19.6 Å². The zero-order valence-electron chi connectivity index (χ0n) is 18.5. The average Bonchev–Trinajstić information content (AvgIpc) is 3.25. The van der Waals surface area contributed by atoms with Crippen LogP contribution < -0.4 is 10.6 Å². The van der Waals surface area contributed by atoms with Gasteiger partial charge in [-0.05, 0) is 59.9 Å². The number of aromatic nitrogens is 3. The van der Waals surface area contributed by atoms with E-state index in [0.29, 0.717) is 15.9 Å². The molecule has 0 amide bonds. The van der Waals surface area contributed by atoms with Crippen molar-refractivity contribution < 1.29 is 5.21 Å². The summed E-state index contributed by atoms with van der Waals surface area (Å²) in [4.78, 5) is 24.6. The van der Waals surface area contributed by atoms with Gasteiger partial charge in [0.15, 0.2) is 5.65 Å². The second-order valence-electron chi connectivity index (χ2n) is 8.31. The maximum atomic E-state index is 12.2. The molecule has 5 rings (SSSR count). The zero-order valence-corrected chi connectivity index (χ0v) is 18.5. The van der Waals surface area contributed by atoms with Crippen LogP contribution in [0, 0.1) is 0 Å². The smallest absolute Gasteiger partial charge is 0.384 e. The predicted molar refractivity (Wildman–Crippen MR) is 130 cm³/mol. The minimum atomic E-state index is -0.768. The standard InChI is InChI=1S/C26H25N5O2/c1-18-7-6-14-30(18)17-19-8-3-9-20(15-19)21-10-4-11-22(16-21)29(2)25-23-12-5-13-27-24(23)31(33)26(32)28-25/h3-5,8-13,15-16,33H,1,6-7,14,17H2,2H3. The van der Waals surface area contributed by atoms with Crippen LogP contribution in [0.2, 0.25) is 0 Å². The van der Waals surface area contributed by atoms with Gasteiger partial charge >= 0.3 is 5.69 Å². The fourth-order valence-electron chi connectivity index (χ4n) is 4.35. The first kappa shape index (κ1) is 20.8. The van der Waals surface area contributed by atoms with Crippen LogP contribution in [0.5, 0.6) is 0 Å². The number of likely N-dealkylation sites (tertiary alicyclic amines) is 1. The zero-order chi connectivity index (χ0) is 22.9. The number of allylic oxidation sites excluding steroid dienone is 1. The summed E-state index contributed by atoms with van der Waals surface area (Å²) in [5.74, 6) is 0.437. The molecule has 4 aromatic rings. The van der Waals surface area contributed by atoms with E-state index in [-0.39, 0.29) is 5.65 Å². The van der Waals surface area contributed by atoms with Gasteiger partial charge in [-0.3, -0.25) is 0 Å². The normalized spacial score (nSPS) is 13.6. The van der Waals surface area contributed by atoms with Gasteiger partial charge in [0, 0.05) is 37.7 Å². The fraction of sp³-hybridized carbons (Fsp3) is 0.192. The number of hydrogen-bond donors (Lipinski definition) is 1. The maximum Gasteiger partial charge on any atom is 0.384 e. The molecule has 33 heavy (non-hydrogen) atoms. The number of hydrogen-bond acceptors (Lipinski definition) is 6. The molecule has 1 fully saturated rings. The highest BCUT2D eigenvalue weighted by Gasteiger charge is 2.17. The molecule has 0 radical (unpaired) electrons. The first-order valence-corrected chi connectivity index (χ1v) is 10.9. The van der Waals surface area contributed by atoms with E-state index in [1.54, 1.807) is 12.1 Å². The molecule has 0 atom stereocenters. The van der Waals surface area contributed by atoms with Crippen LogP contribution in [-0.4, -0.2) is 38.4 Å². The molecule has 3 heterocycles. The summed E-state index contributed by atoms with van der Waals surface area (Å²) in [6.07, 6.45) is 3.78. The first-order chi connectivity index (χ1) is 16.0. The molecule has 0 unspecified atom stereocenters. The van der Waals surface area contributed by atoms with Crippen LogP contribution >= 0.6 is 0 Å². The maximum absolute atomic E-state index is 12.2. The van der Waals surface area contributed by atoms with Crippen LogP contribution in [0.1, 0.15) is 18.4 Å². The molecule has 7 nitrogen and oxygen atoms in total. The molecule has 0 aliphatic carbocycles. The largest absolute Gasteiger partial charge is 0.422 e. The van der Waals surface area contributed by atoms with Crippen molar-refractivity contribution in [1.29, 1.82) is 0 Å². The van der Waals surface area contributed by atoms with Crippen LogP contribution in [0.3, 0.4) is 0 Å². The Labute approximate surface area is 191 Å². The second kappa shape index (κ2) is 8.43. The number of anilines is 2. The molecule has 1 N–H and O–H groups in total. The monoisotopic (exact) mass is 439 g/mol. The SMILES string of the molecule is C=C1CCCN1Cc1cccc(-c2cccc(N(C)c3nc(=O)n(O)c4ncccc34)c2)c1. The van der Waals surface area contributed by atoms with Crippen molar-refractivity contribution >= 4 is 22.5 Å². The van der Waals surface area contributed by atoms with Gasteiger partial charge in [-0.15, -0.1) is 4.73 Å². The lowest BCUT2D eigenvalue weighted by molar-refractivity contribution is 0.182. The van der Waals surface area contributed by atoms with E-state index >= 15 is 0 Å². The average molecular weight is 440 g/mol. The molecule has 1 aliphatic rings. The number of nitrogens with zero attached hydrogens (tertiary/aromatic N) is 5. The van der Waals surface area contributed by atoms with E-state index < -0.39 is 5.69 Å². The third kappa shape index (κ3) is 3.93. The number of pyridine rings is 1. The topological polar surface area (TPSA) is 74.5 Å². The Bertz CT molecular complexity index is 1410. The molecular formula is C26H25N5O2. The van der Waals surface area contributed by atoms with E-state index in [9.17, 15) is 10.0 Å². The molecule has 2 aromatic heterocycles. The van der Waals surface area contributed by atoms with Gasteiger partial charge in [-0.2, -0.15) is 4.98 Å². The lowest BCUT2D eigenvalue weighted by atomic mass is 10.0. The molecule has 0 spiro atoms. The number of benzene rings is 2. The Hall–Kier alpha value is -4.13. The molecule has 166 valence electrons. The number of rotatable bonds is 5. The van der Waals surface area contributed by atoms with E-state index in [1.165, 1.54) is 23.9 Å². The van der Waals surface area contributed by atoms with E-state index in [2.05, 4.69) is 57.8 Å². The summed E-state index contributed by atoms with van der Waals surface area (Å²) in [6, 6.07) is 20.2. The molecule has 0 bridgehead atoms. The van der Waals surface area contributed by atoms with Gasteiger partial charge in [-0.1, -0.05) is 36.9 Å². The minimum Gasteiger partial charge on any atom is -0.422 e. The van der Waals surface area contributed by atoms with Gasteiger partial charge < -0.3 is 15.0 Å². The van der Waals surface area contributed by atoms with Crippen molar-refractivity contribution in [3.63, 3.8) is 0 Å². The van der Waals surface area contributed by atoms with Crippen LogP contribution in [0.4, 0.5) is 11.5 Å². The Kier molecular flexibility index (Phi) is 5.30. The Morgan fingerprint density at radius 1 is 1.09 bits per heavy atom. The highest BCUT2D eigenvalue weighted by atomic mass is 16.5. The number of fused-ring (bicyclic) bond motifs is 1. The lowest BCUT2D eigenvalue weighted by Gasteiger charge is -2.21. The predicted octanol–water partition coefficient (Wildman–Crippen LogP) is 4.57. The van der Waals surface area contributed by atoms with E-state index in [4.69, 9.17) is 0 Å². The third-order valence-electron chi connectivity index (χ3n) is 6.14. The van der Waals surface area contributed by atoms with Crippen LogP contribution in [0.25, 0.3) is 22.2 Å². The Balaban J connectivity index is 1.49. The summed E-state index contributed by atoms with van der Waals surface area (Å²) >= 11 is 0. The van der Waals surface area contributed by atoms with Crippen molar-refractivity contribution in [2.75, 3.05) is 18.5 Å². The molecule has 2 aromatic carbocycles. The van der Waals surface area contributed by atoms with Crippen molar-refractivity contribution in [2.45, 2.75) is 19.4 Å². The van der Waals surface area contributed by atoms with Crippen LogP contribution in [-0.2, 0) is 6.54 Å². The van der Waals surface area contributed by atoms with Gasteiger partial charge in [-0.25, -0.2) is 9.78 Å². The molecule has 1 aliphatic heterocycles. The second-order valence-corrected chi connectivity index (χ2v) is 8.31. The van der Waals surface area contributed by atoms with E-state index in [0.717, 1.165) is 36.3 Å². The van der Waals surface area contributed by atoms with Gasteiger partial charge in [0.25, 0.3) is 0 Å². The third-order valence-corrected chi connectivity index (χ3v) is 6.14. The van der Waals surface area contributed by atoms with Gasteiger partial charge in [0.1, 0.15) is 5.82 Å². The summed E-state index contributed by atoms with van der Waals surface area (Å²) in [6.45, 7) is 6.10. The van der Waals surface area contributed by atoms with Crippen molar-refractivity contribution in [3.05, 3.63) is 95.2 Å². The summed E-state index contributed by atoms with van der Waals surface area (Å²) < 4.78 is 0.476. The highest BCUT2D eigenvalue weighted by Crippen LogP contribution is 2.31. The van der Waals surface area contributed by atoms with Crippen LogP contribution in [0.15, 0.2) is 83.9 Å². The van der Waals surface area contributed by atoms with Gasteiger partial charge in [0.2, 0.25) is 0 Å². The van der Waals surface area contributed by atoms with Crippen molar-refractivity contribution in [3.8, 4) is 11.1 Å². The molecule has 7 heteroatoms. The fourth-order valence-corrected chi connectivity index (χ4v) is 4.35. The first-order valence-electron chi connectivity index (χ1n) is 10.9. The summed E-state index contributed by atoms with van der Waals surface area (Å²) in [5, 5.41) is 10.6. The Morgan fingerprint density at radius 2 is 1.88 bits per heavy atom. The lowest BCUT2D eigenvalue weighted by Crippen LogP contribution is -2.25. The molecule has 0 saturated carbocycles. The van der Waals surface area contributed by atoms with Crippen molar-refractivity contribution in [2.24, 2.45) is 0 Å².